The summed E-state index contributed by atoms with van der Waals surface area (Å²) in [7, 11) is -3.53. The van der Waals surface area contributed by atoms with E-state index in [1.54, 1.807) is 54.9 Å². The van der Waals surface area contributed by atoms with E-state index in [1.165, 1.54) is 6.07 Å². The quantitative estimate of drug-likeness (QED) is 0.348. The van der Waals surface area contributed by atoms with Crippen LogP contribution in [0.1, 0.15) is 30.7 Å². The number of nitrogens with zero attached hydrogens (tertiary/aromatic N) is 2. The number of rotatable bonds is 6. The number of aryl methyl sites for hydroxylation is 1. The Morgan fingerprint density at radius 2 is 1.75 bits per heavy atom. The maximum absolute atomic E-state index is 14.3. The third kappa shape index (κ3) is 4.95. The van der Waals surface area contributed by atoms with Gasteiger partial charge in [0, 0.05) is 18.0 Å². The molecule has 4 rings (SSSR count). The highest BCUT2D eigenvalue weighted by molar-refractivity contribution is 7.90. The molecule has 0 unspecified atom stereocenters. The van der Waals surface area contributed by atoms with E-state index in [0.29, 0.717) is 28.2 Å². The van der Waals surface area contributed by atoms with Crippen LogP contribution in [-0.2, 0) is 22.0 Å². The molecule has 0 amide bonds. The van der Waals surface area contributed by atoms with Gasteiger partial charge in [-0.05, 0) is 73.4 Å². The van der Waals surface area contributed by atoms with Crippen molar-refractivity contribution in [3.63, 3.8) is 0 Å². The SMILES string of the molecule is Cc1cc(-c2ccc(CO)c(S(C)(=O)=O)c2)ccc1-n1cc(C(C)(C)O)nc1-c1cccc(F)c1Cl. The van der Waals surface area contributed by atoms with Crippen molar-refractivity contribution >= 4 is 21.4 Å². The van der Waals surface area contributed by atoms with Gasteiger partial charge in [-0.25, -0.2) is 17.8 Å². The maximum Gasteiger partial charge on any atom is 0.175 e. The molecule has 0 aliphatic rings. The topological polar surface area (TPSA) is 92.4 Å². The van der Waals surface area contributed by atoms with Gasteiger partial charge in [0.05, 0.1) is 27.9 Å². The van der Waals surface area contributed by atoms with Crippen molar-refractivity contribution in [2.24, 2.45) is 0 Å². The fourth-order valence-corrected chi connectivity index (χ4v) is 5.20. The maximum atomic E-state index is 14.3. The Hall–Kier alpha value is -3.04. The summed E-state index contributed by atoms with van der Waals surface area (Å²) in [6.45, 7) is 4.74. The number of aliphatic hydroxyl groups is 2. The van der Waals surface area contributed by atoms with Crippen LogP contribution < -0.4 is 0 Å². The molecule has 0 bridgehead atoms. The first-order valence-electron chi connectivity index (χ1n) is 11.1. The lowest BCUT2D eigenvalue weighted by atomic mass is 10.0. The summed E-state index contributed by atoms with van der Waals surface area (Å²) < 4.78 is 40.5. The largest absolute Gasteiger partial charge is 0.392 e. The van der Waals surface area contributed by atoms with E-state index in [9.17, 15) is 23.0 Å². The standard InChI is InChI=1S/C27H26ClFN2O4S/c1-16-12-17(18-8-9-19(15-32)23(13-18)36(4,34)35)10-11-22(16)31-14-24(27(2,3)33)30-26(31)20-6-5-7-21(29)25(20)28/h5-14,32-33H,15H2,1-4H3. The molecule has 1 aromatic heterocycles. The van der Waals surface area contributed by atoms with Crippen LogP contribution in [0, 0.1) is 12.7 Å². The van der Waals surface area contributed by atoms with Crippen LogP contribution in [0.4, 0.5) is 4.39 Å². The van der Waals surface area contributed by atoms with Crippen LogP contribution in [0.3, 0.4) is 0 Å². The van der Waals surface area contributed by atoms with Crippen molar-refractivity contribution in [1.82, 2.24) is 9.55 Å². The van der Waals surface area contributed by atoms with E-state index in [0.717, 1.165) is 23.1 Å². The van der Waals surface area contributed by atoms with Gasteiger partial charge in [-0.3, -0.25) is 4.57 Å². The second-order valence-electron chi connectivity index (χ2n) is 9.23. The van der Waals surface area contributed by atoms with Crippen molar-refractivity contribution in [3.05, 3.63) is 88.5 Å². The Bertz CT molecular complexity index is 1570. The molecule has 0 aliphatic carbocycles. The summed E-state index contributed by atoms with van der Waals surface area (Å²) in [5, 5.41) is 20.1. The number of hydrogen-bond donors (Lipinski definition) is 2. The molecule has 3 aromatic carbocycles. The first-order valence-corrected chi connectivity index (χ1v) is 13.4. The average molecular weight is 529 g/mol. The lowest BCUT2D eigenvalue weighted by Gasteiger charge is -2.15. The van der Waals surface area contributed by atoms with Crippen molar-refractivity contribution in [2.75, 3.05) is 6.26 Å². The summed E-state index contributed by atoms with van der Waals surface area (Å²) >= 11 is 6.27. The van der Waals surface area contributed by atoms with Crippen molar-refractivity contribution in [3.8, 4) is 28.2 Å². The Labute approximate surface area is 214 Å². The second-order valence-corrected chi connectivity index (χ2v) is 11.6. The zero-order chi connectivity index (χ0) is 26.4. The highest BCUT2D eigenvalue weighted by atomic mass is 35.5. The molecule has 0 radical (unpaired) electrons. The number of benzene rings is 3. The summed E-state index contributed by atoms with van der Waals surface area (Å²) in [6.07, 6.45) is 2.80. The monoisotopic (exact) mass is 528 g/mol. The highest BCUT2D eigenvalue weighted by Crippen LogP contribution is 2.35. The molecular weight excluding hydrogens is 503 g/mol. The van der Waals surface area contributed by atoms with Gasteiger partial charge in [0.25, 0.3) is 0 Å². The Morgan fingerprint density at radius 3 is 2.36 bits per heavy atom. The van der Waals surface area contributed by atoms with Crippen LogP contribution in [0.2, 0.25) is 5.02 Å². The molecule has 36 heavy (non-hydrogen) atoms. The van der Waals surface area contributed by atoms with E-state index in [4.69, 9.17) is 11.6 Å². The fraction of sp³-hybridized carbons (Fsp3) is 0.222. The van der Waals surface area contributed by atoms with E-state index in [2.05, 4.69) is 4.98 Å². The summed E-state index contributed by atoms with van der Waals surface area (Å²) in [5.41, 5.74) is 2.87. The molecule has 188 valence electrons. The molecule has 0 atom stereocenters. The molecular formula is C27H26ClFN2O4S. The number of imidazole rings is 1. The fourth-order valence-electron chi connectivity index (χ4n) is 4.04. The van der Waals surface area contributed by atoms with Crippen LogP contribution in [-0.4, -0.2) is 34.4 Å². The van der Waals surface area contributed by atoms with Gasteiger partial charge in [0.1, 0.15) is 17.2 Å². The number of aliphatic hydroxyl groups excluding tert-OH is 1. The van der Waals surface area contributed by atoms with Gasteiger partial charge in [-0.2, -0.15) is 0 Å². The zero-order valence-corrected chi connectivity index (χ0v) is 21.8. The molecule has 0 aliphatic heterocycles. The Morgan fingerprint density at radius 1 is 1.08 bits per heavy atom. The van der Waals surface area contributed by atoms with Gasteiger partial charge >= 0.3 is 0 Å². The molecule has 0 fully saturated rings. The predicted molar refractivity (Wildman–Crippen MR) is 138 cm³/mol. The van der Waals surface area contributed by atoms with Crippen LogP contribution in [0.25, 0.3) is 28.2 Å². The first-order chi connectivity index (χ1) is 16.8. The van der Waals surface area contributed by atoms with Crippen LogP contribution in [0.5, 0.6) is 0 Å². The average Bonchev–Trinajstić information content (AvgIpc) is 3.25. The minimum atomic E-state index is -3.53. The lowest BCUT2D eigenvalue weighted by molar-refractivity contribution is 0.0743. The molecule has 2 N–H and O–H groups in total. The van der Waals surface area contributed by atoms with Crippen LogP contribution in [0.15, 0.2) is 65.7 Å². The van der Waals surface area contributed by atoms with Gasteiger partial charge in [-0.15, -0.1) is 0 Å². The number of hydrogen-bond acceptors (Lipinski definition) is 5. The summed E-state index contributed by atoms with van der Waals surface area (Å²) in [5.74, 6) is -0.201. The van der Waals surface area contributed by atoms with Crippen molar-refractivity contribution in [1.29, 1.82) is 0 Å². The number of halogens is 2. The summed E-state index contributed by atoms with van der Waals surface area (Å²) in [6, 6.07) is 15.0. The third-order valence-corrected chi connectivity index (χ3v) is 7.52. The predicted octanol–water partition coefficient (Wildman–Crippen LogP) is 5.43. The molecule has 0 spiro atoms. The minimum Gasteiger partial charge on any atom is -0.392 e. The van der Waals surface area contributed by atoms with Gasteiger partial charge in [0.2, 0.25) is 0 Å². The normalized spacial score (nSPS) is 12.2. The highest BCUT2D eigenvalue weighted by Gasteiger charge is 2.25. The van der Waals surface area contributed by atoms with E-state index >= 15 is 0 Å². The smallest absolute Gasteiger partial charge is 0.175 e. The molecule has 1 heterocycles. The molecule has 9 heteroatoms. The number of aromatic nitrogens is 2. The van der Waals surface area contributed by atoms with Crippen molar-refractivity contribution in [2.45, 2.75) is 37.9 Å². The Kier molecular flexibility index (Phi) is 6.83. The molecule has 4 aromatic rings. The minimum absolute atomic E-state index is 0.0711. The molecule has 6 nitrogen and oxygen atoms in total. The molecule has 0 saturated heterocycles. The van der Waals surface area contributed by atoms with Gasteiger partial charge in [-0.1, -0.05) is 35.9 Å². The lowest BCUT2D eigenvalue weighted by Crippen LogP contribution is -2.15. The van der Waals surface area contributed by atoms with Gasteiger partial charge in [0.15, 0.2) is 9.84 Å². The van der Waals surface area contributed by atoms with E-state index in [-0.39, 0.29) is 16.5 Å². The van der Waals surface area contributed by atoms with Crippen LogP contribution >= 0.6 is 11.6 Å². The third-order valence-electron chi connectivity index (χ3n) is 5.95. The zero-order valence-electron chi connectivity index (χ0n) is 20.3. The summed E-state index contributed by atoms with van der Waals surface area (Å²) in [4.78, 5) is 4.66. The number of sulfone groups is 1. The van der Waals surface area contributed by atoms with E-state index in [1.807, 2.05) is 25.1 Å². The Balaban J connectivity index is 1.87. The first kappa shape index (κ1) is 26.0. The second kappa shape index (κ2) is 9.44. The van der Waals surface area contributed by atoms with E-state index < -0.39 is 21.3 Å². The van der Waals surface area contributed by atoms with Gasteiger partial charge < -0.3 is 10.2 Å². The van der Waals surface area contributed by atoms with Crippen molar-refractivity contribution < 1.29 is 23.0 Å². The molecule has 0 saturated carbocycles.